The van der Waals surface area contributed by atoms with Crippen LogP contribution >= 0.6 is 0 Å². The van der Waals surface area contributed by atoms with E-state index in [-0.39, 0.29) is 0 Å². The maximum atomic E-state index is 4.15. The zero-order valence-corrected chi connectivity index (χ0v) is 10.9. The van der Waals surface area contributed by atoms with Gasteiger partial charge in [0.2, 0.25) is 0 Å². The highest BCUT2D eigenvalue weighted by Crippen LogP contribution is 2.13. The molecule has 0 saturated carbocycles. The first-order chi connectivity index (χ1) is 7.59. The van der Waals surface area contributed by atoms with Crippen molar-refractivity contribution >= 4 is 0 Å². The number of rotatable bonds is 6. The van der Waals surface area contributed by atoms with Crippen molar-refractivity contribution in [3.8, 4) is 0 Å². The largest absolute Gasteiger partial charge is 0.308 e. The van der Waals surface area contributed by atoms with Crippen LogP contribution in [0, 0.1) is 5.92 Å². The van der Waals surface area contributed by atoms with E-state index in [9.17, 15) is 0 Å². The van der Waals surface area contributed by atoms with Crippen molar-refractivity contribution in [3.63, 3.8) is 0 Å². The van der Waals surface area contributed by atoms with Gasteiger partial charge in [-0.15, -0.1) is 0 Å². The molecule has 0 aliphatic carbocycles. The molecule has 0 spiro atoms. The Morgan fingerprint density at radius 3 is 2.50 bits per heavy atom. The van der Waals surface area contributed by atoms with Gasteiger partial charge in [0.25, 0.3) is 0 Å². The van der Waals surface area contributed by atoms with Crippen LogP contribution in [0.2, 0.25) is 0 Å². The number of hydrogen-bond acceptors (Lipinski definition) is 2. The SMILES string of the molecule is CC(C)CCC(C)N[C@@H](C)c1cccnc1. The van der Waals surface area contributed by atoms with Crippen LogP contribution in [0.15, 0.2) is 24.5 Å². The highest BCUT2D eigenvalue weighted by atomic mass is 14.9. The standard InChI is InChI=1S/C14H24N2/c1-11(2)7-8-12(3)16-13(4)14-6-5-9-15-10-14/h5-6,9-13,16H,7-8H2,1-4H3/t12?,13-/m0/s1. The average molecular weight is 220 g/mol. The van der Waals surface area contributed by atoms with Gasteiger partial charge in [0, 0.05) is 24.5 Å². The van der Waals surface area contributed by atoms with Crippen LogP contribution in [0.3, 0.4) is 0 Å². The minimum Gasteiger partial charge on any atom is -0.308 e. The summed E-state index contributed by atoms with van der Waals surface area (Å²) in [4.78, 5) is 4.15. The molecule has 1 heterocycles. The van der Waals surface area contributed by atoms with Crippen molar-refractivity contribution in [3.05, 3.63) is 30.1 Å². The quantitative estimate of drug-likeness (QED) is 0.793. The van der Waals surface area contributed by atoms with Crippen LogP contribution in [0.25, 0.3) is 0 Å². The van der Waals surface area contributed by atoms with E-state index in [1.54, 1.807) is 0 Å². The molecule has 0 aliphatic rings. The summed E-state index contributed by atoms with van der Waals surface area (Å²) in [6.07, 6.45) is 6.28. The lowest BCUT2D eigenvalue weighted by atomic mass is 10.0. The molecule has 0 radical (unpaired) electrons. The minimum atomic E-state index is 0.385. The molecule has 0 amide bonds. The summed E-state index contributed by atoms with van der Waals surface area (Å²) in [5.41, 5.74) is 1.26. The van der Waals surface area contributed by atoms with E-state index in [0.717, 1.165) is 5.92 Å². The van der Waals surface area contributed by atoms with Crippen LogP contribution in [0.5, 0.6) is 0 Å². The Balaban J connectivity index is 2.36. The molecule has 2 heteroatoms. The third-order valence-corrected chi connectivity index (χ3v) is 2.90. The van der Waals surface area contributed by atoms with Crippen molar-refractivity contribution in [2.75, 3.05) is 0 Å². The molecule has 2 nitrogen and oxygen atoms in total. The van der Waals surface area contributed by atoms with E-state index in [0.29, 0.717) is 12.1 Å². The van der Waals surface area contributed by atoms with Gasteiger partial charge in [-0.3, -0.25) is 4.98 Å². The molecule has 1 aromatic rings. The second kappa shape index (κ2) is 6.64. The Bertz CT molecular complexity index is 282. The molecule has 0 bridgehead atoms. The van der Waals surface area contributed by atoms with Crippen LogP contribution < -0.4 is 5.32 Å². The summed E-state index contributed by atoms with van der Waals surface area (Å²) in [7, 11) is 0. The Morgan fingerprint density at radius 1 is 1.19 bits per heavy atom. The smallest absolute Gasteiger partial charge is 0.0315 e. The molecule has 0 aliphatic heterocycles. The summed E-state index contributed by atoms with van der Waals surface area (Å²) in [6, 6.07) is 5.07. The molecule has 2 atom stereocenters. The monoisotopic (exact) mass is 220 g/mol. The third-order valence-electron chi connectivity index (χ3n) is 2.90. The van der Waals surface area contributed by atoms with Gasteiger partial charge >= 0.3 is 0 Å². The molecule has 90 valence electrons. The van der Waals surface area contributed by atoms with Gasteiger partial charge in [0.15, 0.2) is 0 Å². The van der Waals surface area contributed by atoms with Crippen LogP contribution in [0.1, 0.15) is 52.1 Å². The summed E-state index contributed by atoms with van der Waals surface area (Å²) in [5.74, 6) is 0.790. The van der Waals surface area contributed by atoms with Crippen LogP contribution in [-0.2, 0) is 0 Å². The Labute approximate surface area is 99.5 Å². The van der Waals surface area contributed by atoms with Gasteiger partial charge in [-0.05, 0) is 44.2 Å². The Kier molecular flexibility index (Phi) is 5.47. The molecule has 1 rings (SSSR count). The van der Waals surface area contributed by atoms with Gasteiger partial charge in [-0.2, -0.15) is 0 Å². The first-order valence-corrected chi connectivity index (χ1v) is 6.25. The lowest BCUT2D eigenvalue weighted by Gasteiger charge is -2.20. The van der Waals surface area contributed by atoms with E-state index in [1.165, 1.54) is 18.4 Å². The van der Waals surface area contributed by atoms with Gasteiger partial charge in [0.05, 0.1) is 0 Å². The molecule has 1 unspecified atom stereocenters. The zero-order valence-electron chi connectivity index (χ0n) is 10.9. The van der Waals surface area contributed by atoms with E-state index in [1.807, 2.05) is 18.5 Å². The number of aromatic nitrogens is 1. The summed E-state index contributed by atoms with van der Waals surface area (Å²) >= 11 is 0. The fraction of sp³-hybridized carbons (Fsp3) is 0.643. The van der Waals surface area contributed by atoms with Gasteiger partial charge in [0.1, 0.15) is 0 Å². The lowest BCUT2D eigenvalue weighted by molar-refractivity contribution is 0.416. The van der Waals surface area contributed by atoms with Crippen molar-refractivity contribution in [2.45, 2.75) is 52.6 Å². The maximum Gasteiger partial charge on any atom is 0.0315 e. The van der Waals surface area contributed by atoms with E-state index in [4.69, 9.17) is 0 Å². The maximum absolute atomic E-state index is 4.15. The predicted molar refractivity (Wildman–Crippen MR) is 69.3 cm³/mol. The fourth-order valence-corrected chi connectivity index (χ4v) is 1.82. The second-order valence-corrected chi connectivity index (χ2v) is 5.05. The highest BCUT2D eigenvalue weighted by molar-refractivity contribution is 5.12. The predicted octanol–water partition coefficient (Wildman–Crippen LogP) is 3.56. The van der Waals surface area contributed by atoms with Crippen molar-refractivity contribution in [1.29, 1.82) is 0 Å². The van der Waals surface area contributed by atoms with E-state index in [2.05, 4.69) is 44.1 Å². The normalized spacial score (nSPS) is 15.1. The number of hydrogen-bond donors (Lipinski definition) is 1. The average Bonchev–Trinajstić information content (AvgIpc) is 2.27. The topological polar surface area (TPSA) is 24.9 Å². The molecular formula is C14H24N2. The molecule has 0 aromatic carbocycles. The van der Waals surface area contributed by atoms with Crippen molar-refractivity contribution in [1.82, 2.24) is 10.3 Å². The number of nitrogens with one attached hydrogen (secondary N) is 1. The van der Waals surface area contributed by atoms with Gasteiger partial charge in [-0.1, -0.05) is 19.9 Å². The lowest BCUT2D eigenvalue weighted by Crippen LogP contribution is -2.29. The molecule has 16 heavy (non-hydrogen) atoms. The first kappa shape index (κ1) is 13.2. The number of pyridine rings is 1. The molecular weight excluding hydrogens is 196 g/mol. The van der Waals surface area contributed by atoms with Gasteiger partial charge < -0.3 is 5.32 Å². The zero-order chi connectivity index (χ0) is 12.0. The van der Waals surface area contributed by atoms with Crippen LogP contribution in [0.4, 0.5) is 0 Å². The Hall–Kier alpha value is -0.890. The van der Waals surface area contributed by atoms with Crippen LogP contribution in [-0.4, -0.2) is 11.0 Å². The third kappa shape index (κ3) is 4.75. The summed E-state index contributed by atoms with van der Waals surface area (Å²) in [5, 5.41) is 3.61. The summed E-state index contributed by atoms with van der Waals surface area (Å²) in [6.45, 7) is 9.01. The Morgan fingerprint density at radius 2 is 1.94 bits per heavy atom. The minimum absolute atomic E-state index is 0.385. The molecule has 1 N–H and O–H groups in total. The molecule has 0 saturated heterocycles. The van der Waals surface area contributed by atoms with Gasteiger partial charge in [-0.25, -0.2) is 0 Å². The summed E-state index contributed by atoms with van der Waals surface area (Å²) < 4.78 is 0. The van der Waals surface area contributed by atoms with E-state index >= 15 is 0 Å². The van der Waals surface area contributed by atoms with Crippen molar-refractivity contribution in [2.24, 2.45) is 5.92 Å². The second-order valence-electron chi connectivity index (χ2n) is 5.05. The fourth-order valence-electron chi connectivity index (χ4n) is 1.82. The first-order valence-electron chi connectivity index (χ1n) is 6.25. The highest BCUT2D eigenvalue weighted by Gasteiger charge is 2.09. The van der Waals surface area contributed by atoms with E-state index < -0.39 is 0 Å². The van der Waals surface area contributed by atoms with Crippen molar-refractivity contribution < 1.29 is 0 Å². The number of nitrogens with zero attached hydrogens (tertiary/aromatic N) is 1. The molecule has 1 aromatic heterocycles. The molecule has 0 fully saturated rings.